The first-order valence-electron chi connectivity index (χ1n) is 7.68. The largest absolute Gasteiger partial charge is 0.444 e. The third kappa shape index (κ3) is 4.01. The number of carbonyl (C=O) groups excluding carboxylic acids is 2. The van der Waals surface area contributed by atoms with Gasteiger partial charge in [-0.2, -0.15) is 0 Å². The molecule has 1 aliphatic heterocycles. The standard InChI is InChI=1S/C16H21N3O5/c1-16(2,3)24-15(21)18-9-7-17(8-10-18)13-5-4-6-14(19(22)23)12(13)11-20/h4-6,11H,7-10H2,1-3H3. The molecule has 0 spiro atoms. The lowest BCUT2D eigenvalue weighted by Crippen LogP contribution is -2.50. The number of anilines is 1. The molecule has 130 valence electrons. The summed E-state index contributed by atoms with van der Waals surface area (Å²) in [6, 6.07) is 4.55. The normalized spacial score (nSPS) is 15.1. The summed E-state index contributed by atoms with van der Waals surface area (Å²) in [5.74, 6) is 0. The lowest BCUT2D eigenvalue weighted by atomic mass is 10.1. The minimum atomic E-state index is -0.565. The van der Waals surface area contributed by atoms with Crippen molar-refractivity contribution in [2.75, 3.05) is 31.1 Å². The highest BCUT2D eigenvalue weighted by molar-refractivity contribution is 5.90. The molecular weight excluding hydrogens is 314 g/mol. The van der Waals surface area contributed by atoms with Gasteiger partial charge in [0.05, 0.1) is 10.6 Å². The van der Waals surface area contributed by atoms with Gasteiger partial charge in [0, 0.05) is 32.2 Å². The van der Waals surface area contributed by atoms with Crippen LogP contribution in [0.25, 0.3) is 0 Å². The Morgan fingerprint density at radius 3 is 2.38 bits per heavy atom. The third-order valence-electron chi connectivity index (χ3n) is 3.65. The Hall–Kier alpha value is -2.64. The number of aldehydes is 1. The van der Waals surface area contributed by atoms with Crippen LogP contribution in [0.15, 0.2) is 18.2 Å². The monoisotopic (exact) mass is 335 g/mol. The number of rotatable bonds is 3. The summed E-state index contributed by atoms with van der Waals surface area (Å²) in [5.41, 5.74) is -0.188. The number of hydrogen-bond donors (Lipinski definition) is 0. The molecule has 0 bridgehead atoms. The van der Waals surface area contributed by atoms with Crippen LogP contribution in [0.3, 0.4) is 0 Å². The smallest absolute Gasteiger partial charge is 0.410 e. The fourth-order valence-electron chi connectivity index (χ4n) is 2.55. The van der Waals surface area contributed by atoms with Gasteiger partial charge >= 0.3 is 6.09 Å². The van der Waals surface area contributed by atoms with E-state index in [1.165, 1.54) is 6.07 Å². The first-order valence-corrected chi connectivity index (χ1v) is 7.68. The number of benzene rings is 1. The maximum Gasteiger partial charge on any atom is 0.410 e. The summed E-state index contributed by atoms with van der Waals surface area (Å²) in [5, 5.41) is 11.0. The minimum Gasteiger partial charge on any atom is -0.444 e. The predicted octanol–water partition coefficient (Wildman–Crippen LogP) is 2.46. The molecule has 0 radical (unpaired) electrons. The van der Waals surface area contributed by atoms with Crippen molar-refractivity contribution in [2.24, 2.45) is 0 Å². The van der Waals surface area contributed by atoms with E-state index in [9.17, 15) is 19.7 Å². The van der Waals surface area contributed by atoms with Crippen molar-refractivity contribution in [1.82, 2.24) is 4.90 Å². The Kier molecular flexibility index (Phi) is 5.06. The summed E-state index contributed by atoms with van der Waals surface area (Å²) < 4.78 is 5.34. The molecule has 0 saturated carbocycles. The highest BCUT2D eigenvalue weighted by atomic mass is 16.6. The zero-order chi connectivity index (χ0) is 17.9. The van der Waals surface area contributed by atoms with Gasteiger partial charge in [-0.3, -0.25) is 14.9 Å². The van der Waals surface area contributed by atoms with Crippen LogP contribution >= 0.6 is 0 Å². The summed E-state index contributed by atoms with van der Waals surface area (Å²) >= 11 is 0. The van der Waals surface area contributed by atoms with Gasteiger partial charge in [0.1, 0.15) is 11.2 Å². The summed E-state index contributed by atoms with van der Waals surface area (Å²) in [6.07, 6.45) is 0.130. The zero-order valence-electron chi connectivity index (χ0n) is 14.0. The minimum absolute atomic E-state index is 0.0632. The summed E-state index contributed by atoms with van der Waals surface area (Å²) in [4.78, 5) is 37.3. The van der Waals surface area contributed by atoms with E-state index >= 15 is 0 Å². The van der Waals surface area contributed by atoms with Crippen molar-refractivity contribution >= 4 is 23.8 Å². The molecule has 1 aromatic carbocycles. The molecule has 8 heteroatoms. The van der Waals surface area contributed by atoms with Crippen LogP contribution in [-0.4, -0.2) is 54.0 Å². The molecule has 1 amide bonds. The Balaban J connectivity index is 2.10. The van der Waals surface area contributed by atoms with Crippen LogP contribution in [-0.2, 0) is 4.74 Å². The number of piperazine rings is 1. The molecule has 2 rings (SSSR count). The van der Waals surface area contributed by atoms with Gasteiger partial charge in [0.15, 0.2) is 6.29 Å². The van der Waals surface area contributed by atoms with Crippen molar-refractivity contribution in [1.29, 1.82) is 0 Å². The number of nitro benzene ring substituents is 1. The number of hydrogen-bond acceptors (Lipinski definition) is 6. The molecule has 1 heterocycles. The van der Waals surface area contributed by atoms with E-state index in [4.69, 9.17) is 4.74 Å². The van der Waals surface area contributed by atoms with Gasteiger partial charge in [-0.1, -0.05) is 6.07 Å². The third-order valence-corrected chi connectivity index (χ3v) is 3.65. The Labute approximate surface area is 140 Å². The van der Waals surface area contributed by atoms with E-state index in [1.807, 2.05) is 4.90 Å². The van der Waals surface area contributed by atoms with Gasteiger partial charge in [0.25, 0.3) is 5.69 Å². The van der Waals surface area contributed by atoms with Crippen molar-refractivity contribution in [3.05, 3.63) is 33.9 Å². The molecule has 24 heavy (non-hydrogen) atoms. The van der Waals surface area contributed by atoms with E-state index in [0.29, 0.717) is 38.2 Å². The van der Waals surface area contributed by atoms with Crippen LogP contribution in [0.1, 0.15) is 31.1 Å². The summed E-state index contributed by atoms with van der Waals surface area (Å²) in [7, 11) is 0. The molecule has 1 fully saturated rings. The fraction of sp³-hybridized carbons (Fsp3) is 0.500. The number of amides is 1. The highest BCUT2D eigenvalue weighted by Gasteiger charge is 2.28. The molecule has 1 aromatic rings. The van der Waals surface area contributed by atoms with E-state index in [-0.39, 0.29) is 17.3 Å². The fourth-order valence-corrected chi connectivity index (χ4v) is 2.55. The maximum atomic E-state index is 12.1. The SMILES string of the molecule is CC(C)(C)OC(=O)N1CCN(c2cccc([N+](=O)[O-])c2C=O)CC1. The first-order chi connectivity index (χ1) is 11.2. The number of nitrogens with zero attached hydrogens (tertiary/aromatic N) is 3. The average Bonchev–Trinajstić information content (AvgIpc) is 2.52. The molecule has 0 aromatic heterocycles. The van der Waals surface area contributed by atoms with Gasteiger partial charge in [-0.25, -0.2) is 4.79 Å². The second-order valence-electron chi connectivity index (χ2n) is 6.54. The molecule has 1 aliphatic rings. The van der Waals surface area contributed by atoms with Gasteiger partial charge in [-0.15, -0.1) is 0 Å². The number of carbonyl (C=O) groups is 2. The molecular formula is C16H21N3O5. The Morgan fingerprint density at radius 2 is 1.88 bits per heavy atom. The van der Waals surface area contributed by atoms with E-state index in [1.54, 1.807) is 37.8 Å². The van der Waals surface area contributed by atoms with Crippen molar-refractivity contribution in [3.8, 4) is 0 Å². The zero-order valence-corrected chi connectivity index (χ0v) is 14.0. The van der Waals surface area contributed by atoms with Crippen LogP contribution in [0.5, 0.6) is 0 Å². The van der Waals surface area contributed by atoms with Gasteiger partial charge < -0.3 is 14.5 Å². The van der Waals surface area contributed by atoms with Crippen molar-refractivity contribution < 1.29 is 19.2 Å². The molecule has 0 N–H and O–H groups in total. The van der Waals surface area contributed by atoms with E-state index in [2.05, 4.69) is 0 Å². The average molecular weight is 335 g/mol. The molecule has 0 unspecified atom stereocenters. The van der Waals surface area contributed by atoms with Gasteiger partial charge in [0.2, 0.25) is 0 Å². The Morgan fingerprint density at radius 1 is 1.25 bits per heavy atom. The van der Waals surface area contributed by atoms with E-state index in [0.717, 1.165) is 0 Å². The molecule has 1 saturated heterocycles. The lowest BCUT2D eigenvalue weighted by molar-refractivity contribution is -0.385. The predicted molar refractivity (Wildman–Crippen MR) is 88.5 cm³/mol. The number of ether oxygens (including phenoxy) is 1. The topological polar surface area (TPSA) is 93.0 Å². The maximum absolute atomic E-state index is 12.1. The van der Waals surface area contributed by atoms with E-state index < -0.39 is 10.5 Å². The lowest BCUT2D eigenvalue weighted by Gasteiger charge is -2.37. The molecule has 0 aliphatic carbocycles. The van der Waals surface area contributed by atoms with Crippen molar-refractivity contribution in [2.45, 2.75) is 26.4 Å². The molecule has 8 nitrogen and oxygen atoms in total. The van der Waals surface area contributed by atoms with Crippen LogP contribution < -0.4 is 4.90 Å². The van der Waals surface area contributed by atoms with Crippen LogP contribution in [0.2, 0.25) is 0 Å². The second kappa shape index (κ2) is 6.86. The van der Waals surface area contributed by atoms with Gasteiger partial charge in [-0.05, 0) is 26.8 Å². The van der Waals surface area contributed by atoms with Crippen molar-refractivity contribution in [3.63, 3.8) is 0 Å². The van der Waals surface area contributed by atoms with Crippen LogP contribution in [0.4, 0.5) is 16.2 Å². The Bertz CT molecular complexity index is 646. The highest BCUT2D eigenvalue weighted by Crippen LogP contribution is 2.28. The first kappa shape index (κ1) is 17.7. The number of nitro groups is 1. The summed E-state index contributed by atoms with van der Waals surface area (Å²) in [6.45, 7) is 7.22. The van der Waals surface area contributed by atoms with Crippen LogP contribution in [0, 0.1) is 10.1 Å². The molecule has 0 atom stereocenters. The second-order valence-corrected chi connectivity index (χ2v) is 6.54. The quantitative estimate of drug-likeness (QED) is 0.478.